The second-order valence-corrected chi connectivity index (χ2v) is 5.82. The molecule has 2 aromatic heterocycles. The van der Waals surface area contributed by atoms with Crippen molar-refractivity contribution in [3.8, 4) is 17.1 Å². The number of aromatic nitrogens is 4. The van der Waals surface area contributed by atoms with Gasteiger partial charge in [-0.05, 0) is 35.7 Å². The van der Waals surface area contributed by atoms with E-state index in [1.807, 2.05) is 22.8 Å². The van der Waals surface area contributed by atoms with E-state index in [0.717, 1.165) is 22.4 Å². The molecule has 0 fully saturated rings. The van der Waals surface area contributed by atoms with E-state index in [1.165, 1.54) is 5.56 Å². The molecule has 0 unspecified atom stereocenters. The van der Waals surface area contributed by atoms with Crippen molar-refractivity contribution in [2.45, 2.75) is 19.8 Å². The first-order valence-electron chi connectivity index (χ1n) is 7.56. The highest BCUT2D eigenvalue weighted by Gasteiger charge is 2.10. The van der Waals surface area contributed by atoms with Crippen LogP contribution in [-0.4, -0.2) is 19.7 Å². The Balaban J connectivity index is 1.74. The molecule has 0 amide bonds. The van der Waals surface area contributed by atoms with E-state index in [1.54, 1.807) is 12.7 Å². The summed E-state index contributed by atoms with van der Waals surface area (Å²) in [6.07, 6.45) is 3.31. The summed E-state index contributed by atoms with van der Waals surface area (Å²) in [4.78, 5) is 4.57. The second kappa shape index (κ2) is 5.35. The van der Waals surface area contributed by atoms with Gasteiger partial charge in [-0.25, -0.2) is 4.98 Å². The van der Waals surface area contributed by atoms with Crippen LogP contribution in [0.3, 0.4) is 0 Å². The molecule has 0 aliphatic rings. The van der Waals surface area contributed by atoms with Crippen LogP contribution in [0.25, 0.3) is 28.2 Å². The van der Waals surface area contributed by atoms with Crippen LogP contribution in [0.1, 0.15) is 25.3 Å². The summed E-state index contributed by atoms with van der Waals surface area (Å²) in [6.45, 7) is 4.36. The minimum atomic E-state index is 0.513. The Morgan fingerprint density at radius 1 is 0.957 bits per heavy atom. The molecule has 0 saturated heterocycles. The van der Waals surface area contributed by atoms with Gasteiger partial charge >= 0.3 is 0 Å². The van der Waals surface area contributed by atoms with E-state index < -0.39 is 0 Å². The van der Waals surface area contributed by atoms with Crippen molar-refractivity contribution < 1.29 is 4.42 Å². The molecular formula is C18H16N4O. The quantitative estimate of drug-likeness (QED) is 0.569. The lowest BCUT2D eigenvalue weighted by Gasteiger charge is -2.04. The van der Waals surface area contributed by atoms with Crippen LogP contribution in [0.15, 0.2) is 59.5 Å². The Morgan fingerprint density at radius 3 is 2.39 bits per heavy atom. The Hall–Kier alpha value is -2.95. The monoisotopic (exact) mass is 304 g/mol. The van der Waals surface area contributed by atoms with Gasteiger partial charge in [0.15, 0.2) is 5.58 Å². The number of nitrogens with zero attached hydrogens (tertiary/aromatic N) is 4. The van der Waals surface area contributed by atoms with Crippen molar-refractivity contribution in [3.63, 3.8) is 0 Å². The summed E-state index contributed by atoms with van der Waals surface area (Å²) >= 11 is 0. The lowest BCUT2D eigenvalue weighted by Crippen LogP contribution is -1.88. The molecule has 0 spiro atoms. The van der Waals surface area contributed by atoms with Crippen LogP contribution in [0, 0.1) is 0 Å². The molecule has 0 aliphatic heterocycles. The summed E-state index contributed by atoms with van der Waals surface area (Å²) in [6, 6.07) is 14.2. The summed E-state index contributed by atoms with van der Waals surface area (Å²) in [5.74, 6) is 1.15. The minimum Gasteiger partial charge on any atom is -0.436 e. The van der Waals surface area contributed by atoms with Crippen molar-refractivity contribution in [1.29, 1.82) is 0 Å². The standard InChI is InChI=1S/C18H16N4O/c1-12(2)13-3-5-14(6-4-13)18-21-16-8-7-15(9-17(16)23-18)22-10-19-20-11-22/h3-12H,1-2H3. The highest BCUT2D eigenvalue weighted by Crippen LogP contribution is 2.27. The first-order valence-corrected chi connectivity index (χ1v) is 7.56. The van der Waals surface area contributed by atoms with Crippen LogP contribution < -0.4 is 0 Å². The van der Waals surface area contributed by atoms with Gasteiger partial charge in [0, 0.05) is 11.6 Å². The Morgan fingerprint density at radius 2 is 1.70 bits per heavy atom. The number of hydrogen-bond donors (Lipinski definition) is 0. The maximum Gasteiger partial charge on any atom is 0.227 e. The fourth-order valence-electron chi connectivity index (χ4n) is 2.54. The van der Waals surface area contributed by atoms with Gasteiger partial charge in [-0.1, -0.05) is 26.0 Å². The maximum absolute atomic E-state index is 5.93. The first-order chi connectivity index (χ1) is 11.2. The number of fused-ring (bicyclic) bond motifs is 1. The zero-order valence-electron chi connectivity index (χ0n) is 13.0. The Labute approximate surface area is 133 Å². The van der Waals surface area contributed by atoms with Gasteiger partial charge in [-0.15, -0.1) is 10.2 Å². The molecule has 0 radical (unpaired) electrons. The molecule has 0 N–H and O–H groups in total. The minimum absolute atomic E-state index is 0.513. The van der Waals surface area contributed by atoms with Crippen LogP contribution in [-0.2, 0) is 0 Å². The summed E-state index contributed by atoms with van der Waals surface area (Å²) in [5, 5.41) is 7.64. The summed E-state index contributed by atoms with van der Waals surface area (Å²) in [7, 11) is 0. The van der Waals surface area contributed by atoms with E-state index >= 15 is 0 Å². The zero-order valence-corrected chi connectivity index (χ0v) is 13.0. The molecule has 2 aromatic carbocycles. The van der Waals surface area contributed by atoms with Gasteiger partial charge in [0.1, 0.15) is 18.2 Å². The van der Waals surface area contributed by atoms with E-state index in [2.05, 4.69) is 53.3 Å². The van der Waals surface area contributed by atoms with Crippen molar-refractivity contribution in [2.24, 2.45) is 0 Å². The van der Waals surface area contributed by atoms with Crippen LogP contribution >= 0.6 is 0 Å². The van der Waals surface area contributed by atoms with Crippen molar-refractivity contribution in [1.82, 2.24) is 19.7 Å². The van der Waals surface area contributed by atoms with Gasteiger partial charge < -0.3 is 4.42 Å². The Kier molecular flexibility index (Phi) is 3.19. The van der Waals surface area contributed by atoms with Gasteiger partial charge in [0.05, 0.1) is 5.69 Å². The SMILES string of the molecule is CC(C)c1ccc(-c2nc3ccc(-n4cnnc4)cc3o2)cc1. The lowest BCUT2D eigenvalue weighted by molar-refractivity contribution is 0.619. The molecule has 2 heterocycles. The predicted molar refractivity (Wildman–Crippen MR) is 88.5 cm³/mol. The third-order valence-corrected chi connectivity index (χ3v) is 3.91. The van der Waals surface area contributed by atoms with Crippen LogP contribution in [0.2, 0.25) is 0 Å². The molecule has 4 aromatic rings. The van der Waals surface area contributed by atoms with Crippen LogP contribution in [0.5, 0.6) is 0 Å². The van der Waals surface area contributed by atoms with Crippen molar-refractivity contribution >= 4 is 11.1 Å². The molecule has 23 heavy (non-hydrogen) atoms. The molecule has 0 aliphatic carbocycles. The average Bonchev–Trinajstić information content (AvgIpc) is 3.23. The highest BCUT2D eigenvalue weighted by molar-refractivity contribution is 5.78. The van der Waals surface area contributed by atoms with Gasteiger partial charge in [-0.3, -0.25) is 4.57 Å². The summed E-state index contributed by atoms with van der Waals surface area (Å²) in [5.41, 5.74) is 4.82. The van der Waals surface area contributed by atoms with Gasteiger partial charge in [0.2, 0.25) is 5.89 Å². The molecule has 0 bridgehead atoms. The van der Waals surface area contributed by atoms with E-state index in [4.69, 9.17) is 4.42 Å². The Bertz CT molecular complexity index is 937. The number of hydrogen-bond acceptors (Lipinski definition) is 4. The number of oxazole rings is 1. The second-order valence-electron chi connectivity index (χ2n) is 5.82. The van der Waals surface area contributed by atoms with E-state index in [0.29, 0.717) is 11.8 Å². The summed E-state index contributed by atoms with van der Waals surface area (Å²) < 4.78 is 7.76. The normalized spacial score (nSPS) is 11.4. The van der Waals surface area contributed by atoms with Crippen molar-refractivity contribution in [3.05, 3.63) is 60.7 Å². The molecule has 114 valence electrons. The zero-order chi connectivity index (χ0) is 15.8. The van der Waals surface area contributed by atoms with Gasteiger partial charge in [-0.2, -0.15) is 0 Å². The van der Waals surface area contributed by atoms with Gasteiger partial charge in [0.25, 0.3) is 0 Å². The van der Waals surface area contributed by atoms with Crippen molar-refractivity contribution in [2.75, 3.05) is 0 Å². The van der Waals surface area contributed by atoms with Crippen LogP contribution in [0.4, 0.5) is 0 Å². The number of rotatable bonds is 3. The third kappa shape index (κ3) is 2.50. The molecule has 0 atom stereocenters. The largest absolute Gasteiger partial charge is 0.436 e. The van der Waals surface area contributed by atoms with E-state index in [9.17, 15) is 0 Å². The smallest absolute Gasteiger partial charge is 0.227 e. The van der Waals surface area contributed by atoms with E-state index in [-0.39, 0.29) is 0 Å². The topological polar surface area (TPSA) is 56.7 Å². The average molecular weight is 304 g/mol. The predicted octanol–water partition coefficient (Wildman–Crippen LogP) is 4.20. The first kappa shape index (κ1) is 13.7. The molecule has 4 rings (SSSR count). The third-order valence-electron chi connectivity index (χ3n) is 3.91. The molecule has 5 heteroatoms. The molecule has 0 saturated carbocycles. The molecule has 5 nitrogen and oxygen atoms in total. The highest BCUT2D eigenvalue weighted by atomic mass is 16.3. The fraction of sp³-hybridized carbons (Fsp3) is 0.167. The molecular weight excluding hydrogens is 288 g/mol. The fourth-order valence-corrected chi connectivity index (χ4v) is 2.54. The number of benzene rings is 2. The lowest BCUT2D eigenvalue weighted by atomic mass is 10.0. The maximum atomic E-state index is 5.93.